The van der Waals surface area contributed by atoms with Gasteiger partial charge in [0.05, 0.1) is 5.71 Å². The Bertz CT molecular complexity index is 913. The van der Waals surface area contributed by atoms with Gasteiger partial charge >= 0.3 is 0 Å². The van der Waals surface area contributed by atoms with Crippen molar-refractivity contribution in [1.29, 1.82) is 0 Å². The van der Waals surface area contributed by atoms with Crippen LogP contribution < -0.4 is 0 Å². The molecular weight excluding hydrogens is 328 g/mol. The first-order chi connectivity index (χ1) is 13.3. The summed E-state index contributed by atoms with van der Waals surface area (Å²) in [6, 6.07) is 23.9. The minimum absolute atomic E-state index is 0.878. The predicted molar refractivity (Wildman–Crippen MR) is 116 cm³/mol. The van der Waals surface area contributed by atoms with E-state index in [0.717, 1.165) is 18.7 Å². The van der Waals surface area contributed by atoms with Gasteiger partial charge in [-0.15, -0.1) is 0 Å². The maximum absolute atomic E-state index is 5.09. The van der Waals surface area contributed by atoms with Crippen LogP contribution in [0.1, 0.15) is 36.0 Å². The van der Waals surface area contributed by atoms with Crippen molar-refractivity contribution in [1.82, 2.24) is 4.90 Å². The van der Waals surface area contributed by atoms with Crippen molar-refractivity contribution in [3.63, 3.8) is 0 Å². The largest absolute Gasteiger partial charge is 0.303 e. The van der Waals surface area contributed by atoms with Gasteiger partial charge in [0.15, 0.2) is 0 Å². The maximum atomic E-state index is 5.09. The van der Waals surface area contributed by atoms with E-state index in [1.165, 1.54) is 59.9 Å². The fourth-order valence-corrected chi connectivity index (χ4v) is 3.97. The number of likely N-dealkylation sites (tertiary alicyclic amines) is 1. The average molecular weight is 357 g/mol. The molecule has 2 nitrogen and oxygen atoms in total. The maximum Gasteiger partial charge on any atom is 0.0725 e. The molecule has 2 heteroatoms. The summed E-state index contributed by atoms with van der Waals surface area (Å²) in [7, 11) is 0. The third-order valence-corrected chi connectivity index (χ3v) is 5.47. The minimum atomic E-state index is 0.878. The highest BCUT2D eigenvalue weighted by molar-refractivity contribution is 6.19. The van der Waals surface area contributed by atoms with Crippen molar-refractivity contribution in [3.05, 3.63) is 83.4 Å². The van der Waals surface area contributed by atoms with Crippen LogP contribution >= 0.6 is 0 Å². The van der Waals surface area contributed by atoms with Crippen molar-refractivity contribution < 1.29 is 0 Å². The molecule has 0 saturated carbocycles. The lowest BCUT2D eigenvalue weighted by Crippen LogP contribution is -2.21. The molecule has 0 bridgehead atoms. The van der Waals surface area contributed by atoms with E-state index >= 15 is 0 Å². The van der Waals surface area contributed by atoms with E-state index in [2.05, 4.69) is 78.6 Å². The lowest BCUT2D eigenvalue weighted by atomic mass is 9.96. The standard InChI is InChI=1S/C25H28N2/c1-20-12-14-22(15-13-20)25(26-16-7-19-27-17-4-5-18-27)24-11-6-9-21-8-2-3-10-23(21)24/h2-3,6,8-15H,4-5,7,16-19H2,1H3/b26-25-. The van der Waals surface area contributed by atoms with Crippen LogP contribution in [0.4, 0.5) is 0 Å². The Hall–Kier alpha value is -2.45. The number of hydrogen-bond acceptors (Lipinski definition) is 2. The van der Waals surface area contributed by atoms with Crippen LogP contribution in [-0.4, -0.2) is 36.8 Å². The van der Waals surface area contributed by atoms with Gasteiger partial charge in [0.2, 0.25) is 0 Å². The Balaban J connectivity index is 1.64. The normalized spacial score (nSPS) is 15.5. The van der Waals surface area contributed by atoms with Gasteiger partial charge in [-0.05, 0) is 56.6 Å². The summed E-state index contributed by atoms with van der Waals surface area (Å²) in [6.07, 6.45) is 3.84. The van der Waals surface area contributed by atoms with E-state index in [1.807, 2.05) is 0 Å². The van der Waals surface area contributed by atoms with Crippen LogP contribution in [0, 0.1) is 6.92 Å². The SMILES string of the molecule is Cc1ccc(/C(=N/CCCN2CCCC2)c2cccc3ccccc23)cc1. The second-order valence-electron chi connectivity index (χ2n) is 7.53. The molecule has 0 atom stereocenters. The summed E-state index contributed by atoms with van der Waals surface area (Å²) in [4.78, 5) is 7.66. The molecule has 27 heavy (non-hydrogen) atoms. The van der Waals surface area contributed by atoms with E-state index in [4.69, 9.17) is 4.99 Å². The summed E-state index contributed by atoms with van der Waals surface area (Å²) in [5.41, 5.74) is 4.84. The molecule has 0 amide bonds. The monoisotopic (exact) mass is 356 g/mol. The average Bonchev–Trinajstić information content (AvgIpc) is 3.22. The van der Waals surface area contributed by atoms with E-state index in [0.29, 0.717) is 0 Å². The van der Waals surface area contributed by atoms with E-state index in [-0.39, 0.29) is 0 Å². The fourth-order valence-electron chi connectivity index (χ4n) is 3.97. The number of aliphatic imine (C=N–C) groups is 1. The van der Waals surface area contributed by atoms with Gasteiger partial charge in [0.25, 0.3) is 0 Å². The zero-order chi connectivity index (χ0) is 18.5. The molecule has 0 spiro atoms. The summed E-state index contributed by atoms with van der Waals surface area (Å²) < 4.78 is 0. The van der Waals surface area contributed by atoms with Crippen molar-refractivity contribution in [3.8, 4) is 0 Å². The number of nitrogens with zero attached hydrogens (tertiary/aromatic N) is 2. The first kappa shape index (κ1) is 17.9. The Morgan fingerprint density at radius 3 is 2.44 bits per heavy atom. The van der Waals surface area contributed by atoms with Gasteiger partial charge < -0.3 is 4.90 Å². The van der Waals surface area contributed by atoms with Crippen LogP contribution in [0.25, 0.3) is 10.8 Å². The zero-order valence-electron chi connectivity index (χ0n) is 16.2. The quantitative estimate of drug-likeness (QED) is 0.422. The third-order valence-electron chi connectivity index (χ3n) is 5.47. The molecule has 1 aliphatic heterocycles. The first-order valence-electron chi connectivity index (χ1n) is 10.1. The number of rotatable bonds is 6. The molecule has 0 radical (unpaired) electrons. The van der Waals surface area contributed by atoms with Gasteiger partial charge in [-0.1, -0.05) is 72.3 Å². The van der Waals surface area contributed by atoms with E-state index in [9.17, 15) is 0 Å². The Labute approximate surface area is 162 Å². The molecule has 0 N–H and O–H groups in total. The second kappa shape index (κ2) is 8.49. The second-order valence-corrected chi connectivity index (χ2v) is 7.53. The number of fused-ring (bicyclic) bond motifs is 1. The highest BCUT2D eigenvalue weighted by Crippen LogP contribution is 2.22. The molecule has 3 aromatic rings. The smallest absolute Gasteiger partial charge is 0.0725 e. The topological polar surface area (TPSA) is 15.6 Å². The summed E-state index contributed by atoms with van der Waals surface area (Å²) in [5, 5.41) is 2.55. The highest BCUT2D eigenvalue weighted by atomic mass is 15.1. The van der Waals surface area contributed by atoms with Crippen molar-refractivity contribution in [2.75, 3.05) is 26.2 Å². The lowest BCUT2D eigenvalue weighted by molar-refractivity contribution is 0.336. The predicted octanol–water partition coefficient (Wildman–Crippen LogP) is 5.47. The Morgan fingerprint density at radius 2 is 1.63 bits per heavy atom. The van der Waals surface area contributed by atoms with Gasteiger partial charge in [-0.25, -0.2) is 0 Å². The fraction of sp³-hybridized carbons (Fsp3) is 0.320. The third kappa shape index (κ3) is 4.28. The number of aryl methyl sites for hydroxylation is 1. The summed E-state index contributed by atoms with van der Waals surface area (Å²) in [6.45, 7) is 6.70. The van der Waals surface area contributed by atoms with Gasteiger partial charge in [-0.3, -0.25) is 4.99 Å². The molecule has 0 aromatic heterocycles. The van der Waals surface area contributed by atoms with Crippen molar-refractivity contribution in [2.45, 2.75) is 26.2 Å². The van der Waals surface area contributed by atoms with Crippen molar-refractivity contribution >= 4 is 16.5 Å². The Kier molecular flexibility index (Phi) is 5.64. The molecule has 0 unspecified atom stereocenters. The molecule has 1 saturated heterocycles. The molecular formula is C25H28N2. The molecule has 4 rings (SSSR count). The summed E-state index contributed by atoms with van der Waals surface area (Å²) >= 11 is 0. The number of benzene rings is 3. The van der Waals surface area contributed by atoms with Crippen LogP contribution in [0.15, 0.2) is 71.7 Å². The van der Waals surface area contributed by atoms with E-state index < -0.39 is 0 Å². The van der Waals surface area contributed by atoms with Gasteiger partial charge in [0.1, 0.15) is 0 Å². The van der Waals surface area contributed by atoms with Gasteiger partial charge in [-0.2, -0.15) is 0 Å². The summed E-state index contributed by atoms with van der Waals surface area (Å²) in [5.74, 6) is 0. The minimum Gasteiger partial charge on any atom is -0.303 e. The molecule has 0 aliphatic carbocycles. The molecule has 138 valence electrons. The highest BCUT2D eigenvalue weighted by Gasteiger charge is 2.12. The van der Waals surface area contributed by atoms with Crippen LogP contribution in [0.3, 0.4) is 0 Å². The van der Waals surface area contributed by atoms with Crippen LogP contribution in [-0.2, 0) is 0 Å². The molecule has 1 fully saturated rings. The zero-order valence-corrected chi connectivity index (χ0v) is 16.2. The number of hydrogen-bond donors (Lipinski definition) is 0. The first-order valence-corrected chi connectivity index (χ1v) is 10.1. The van der Waals surface area contributed by atoms with Crippen molar-refractivity contribution in [2.24, 2.45) is 4.99 Å². The molecule has 1 heterocycles. The lowest BCUT2D eigenvalue weighted by Gasteiger charge is -2.14. The van der Waals surface area contributed by atoms with Crippen LogP contribution in [0.5, 0.6) is 0 Å². The molecule has 3 aromatic carbocycles. The Morgan fingerprint density at radius 1 is 0.889 bits per heavy atom. The van der Waals surface area contributed by atoms with Gasteiger partial charge in [0, 0.05) is 17.7 Å². The molecule has 1 aliphatic rings. The van der Waals surface area contributed by atoms with E-state index in [1.54, 1.807) is 0 Å². The van der Waals surface area contributed by atoms with Crippen LogP contribution in [0.2, 0.25) is 0 Å².